The molecule has 0 bridgehead atoms. The van der Waals surface area contributed by atoms with Crippen molar-refractivity contribution in [3.05, 3.63) is 54.2 Å². The minimum atomic E-state index is -0.328. The number of hydrogen-bond acceptors (Lipinski definition) is 8. The molecule has 2 N–H and O–H groups in total. The zero-order valence-corrected chi connectivity index (χ0v) is 25.2. The van der Waals surface area contributed by atoms with E-state index in [1.807, 2.05) is 56.6 Å². The molecular weight excluding hydrogens is 546 g/mol. The van der Waals surface area contributed by atoms with Gasteiger partial charge in [-0.05, 0) is 69.8 Å². The molecule has 0 unspecified atom stereocenters. The van der Waals surface area contributed by atoms with Crippen molar-refractivity contribution in [2.24, 2.45) is 11.8 Å². The number of rotatable bonds is 11. The van der Waals surface area contributed by atoms with E-state index in [9.17, 15) is 9.59 Å². The Hall–Kier alpha value is -3.76. The van der Waals surface area contributed by atoms with Gasteiger partial charge in [0, 0.05) is 55.7 Å². The minimum Gasteiger partial charge on any atom is -0.476 e. The minimum absolute atomic E-state index is 0.0449. The SMILES string of the molecule is CN(C)CCOc1ccc(-c2cc(C(=O)NC[C@H]3CC[C@H](CNC(=O)OC4CCOCC4)CC3)c3ccccc3n2)cn1. The molecule has 10 nitrogen and oxygen atoms in total. The predicted octanol–water partition coefficient (Wildman–Crippen LogP) is 4.68. The number of hydrogen-bond donors (Lipinski definition) is 2. The highest BCUT2D eigenvalue weighted by atomic mass is 16.6. The Balaban J connectivity index is 1.13. The van der Waals surface area contributed by atoms with Gasteiger partial charge in [-0.15, -0.1) is 0 Å². The topological polar surface area (TPSA) is 115 Å². The van der Waals surface area contributed by atoms with E-state index in [1.165, 1.54) is 0 Å². The second kappa shape index (κ2) is 15.1. The quantitative estimate of drug-likeness (QED) is 0.332. The Morgan fingerprint density at radius 3 is 2.37 bits per heavy atom. The van der Waals surface area contributed by atoms with E-state index in [4.69, 9.17) is 19.2 Å². The van der Waals surface area contributed by atoms with Gasteiger partial charge in [-0.1, -0.05) is 18.2 Å². The fraction of sp³-hybridized carbons (Fsp3) is 0.515. The van der Waals surface area contributed by atoms with Crippen LogP contribution in [0, 0.1) is 11.8 Å². The van der Waals surface area contributed by atoms with Crippen molar-refractivity contribution in [2.75, 3.05) is 53.6 Å². The summed E-state index contributed by atoms with van der Waals surface area (Å²) in [6.45, 7) is 3.91. The summed E-state index contributed by atoms with van der Waals surface area (Å²) in [5.74, 6) is 1.30. The molecule has 2 amide bonds. The Kier molecular flexibility index (Phi) is 10.8. The standard InChI is InChI=1S/C33H43N5O5/c1-38(2)15-18-42-31-12-11-25(22-34-31)30-19-28(27-5-3-4-6-29(27)37-30)32(39)35-20-23-7-9-24(10-8-23)21-36-33(40)43-26-13-16-41-17-14-26/h3-6,11-12,19,22-24,26H,7-10,13-18,20-21H2,1-2H3,(H,35,39)(H,36,40)/t23-,24-. The molecule has 1 aliphatic heterocycles. The van der Waals surface area contributed by atoms with Crippen molar-refractivity contribution >= 4 is 22.9 Å². The number of para-hydroxylation sites is 1. The van der Waals surface area contributed by atoms with Crippen LogP contribution in [-0.2, 0) is 9.47 Å². The number of alkyl carbamates (subject to hydrolysis) is 1. The number of likely N-dealkylation sites (N-methyl/N-ethyl adjacent to an activating group) is 1. The second-order valence-electron chi connectivity index (χ2n) is 11.8. The molecule has 2 aromatic heterocycles. The number of nitrogens with zero attached hydrogens (tertiary/aromatic N) is 3. The molecule has 0 radical (unpaired) electrons. The summed E-state index contributed by atoms with van der Waals surface area (Å²) in [6, 6.07) is 13.3. The van der Waals surface area contributed by atoms with Crippen LogP contribution < -0.4 is 15.4 Å². The first-order valence-corrected chi connectivity index (χ1v) is 15.4. The summed E-state index contributed by atoms with van der Waals surface area (Å²) in [5.41, 5.74) is 2.88. The Morgan fingerprint density at radius 2 is 1.67 bits per heavy atom. The molecule has 1 saturated heterocycles. The van der Waals surface area contributed by atoms with E-state index in [-0.39, 0.29) is 18.1 Å². The van der Waals surface area contributed by atoms with Gasteiger partial charge in [0.15, 0.2) is 0 Å². The van der Waals surface area contributed by atoms with E-state index >= 15 is 0 Å². The van der Waals surface area contributed by atoms with Gasteiger partial charge in [0.2, 0.25) is 5.88 Å². The molecule has 1 aromatic carbocycles. The lowest BCUT2D eigenvalue weighted by Crippen LogP contribution is -2.37. The summed E-state index contributed by atoms with van der Waals surface area (Å²) in [5, 5.41) is 6.95. The highest BCUT2D eigenvalue weighted by Gasteiger charge is 2.24. The number of pyridine rings is 2. The molecule has 3 heterocycles. The van der Waals surface area contributed by atoms with Crippen molar-refractivity contribution in [3.63, 3.8) is 0 Å². The van der Waals surface area contributed by atoms with E-state index < -0.39 is 0 Å². The molecule has 1 saturated carbocycles. The van der Waals surface area contributed by atoms with Gasteiger partial charge in [-0.2, -0.15) is 0 Å². The lowest BCUT2D eigenvalue weighted by Gasteiger charge is -2.29. The number of nitrogens with one attached hydrogen (secondary N) is 2. The van der Waals surface area contributed by atoms with E-state index in [1.54, 1.807) is 6.20 Å². The lowest BCUT2D eigenvalue weighted by atomic mass is 9.82. The van der Waals surface area contributed by atoms with Crippen LogP contribution in [0.3, 0.4) is 0 Å². The van der Waals surface area contributed by atoms with Crippen LogP contribution in [0.15, 0.2) is 48.7 Å². The first kappa shape index (κ1) is 30.7. The van der Waals surface area contributed by atoms with Gasteiger partial charge in [-0.3, -0.25) is 4.79 Å². The van der Waals surface area contributed by atoms with Gasteiger partial charge >= 0.3 is 6.09 Å². The van der Waals surface area contributed by atoms with E-state index in [2.05, 4.69) is 20.5 Å². The zero-order valence-electron chi connectivity index (χ0n) is 25.2. The van der Waals surface area contributed by atoms with Crippen molar-refractivity contribution in [2.45, 2.75) is 44.6 Å². The molecule has 5 rings (SSSR count). The molecule has 3 aromatic rings. The van der Waals surface area contributed by atoms with Crippen LogP contribution in [0.5, 0.6) is 5.88 Å². The van der Waals surface area contributed by atoms with Crippen molar-refractivity contribution in [1.29, 1.82) is 0 Å². The summed E-state index contributed by atoms with van der Waals surface area (Å²) in [4.78, 5) is 37.0. The zero-order chi connectivity index (χ0) is 30.0. The highest BCUT2D eigenvalue weighted by Crippen LogP contribution is 2.29. The van der Waals surface area contributed by atoms with Crippen molar-refractivity contribution in [1.82, 2.24) is 25.5 Å². The van der Waals surface area contributed by atoms with Gasteiger partial charge in [-0.25, -0.2) is 14.8 Å². The molecule has 0 spiro atoms. The van der Waals surface area contributed by atoms with E-state index in [0.717, 1.165) is 61.5 Å². The fourth-order valence-electron chi connectivity index (χ4n) is 5.65. The second-order valence-corrected chi connectivity index (χ2v) is 11.8. The van der Waals surface area contributed by atoms with Crippen LogP contribution in [0.1, 0.15) is 48.9 Å². The monoisotopic (exact) mass is 589 g/mol. The van der Waals surface area contributed by atoms with Crippen LogP contribution in [-0.4, -0.2) is 86.5 Å². The van der Waals surface area contributed by atoms with Gasteiger partial charge in [0.25, 0.3) is 5.91 Å². The molecular formula is C33H43N5O5. The van der Waals surface area contributed by atoms with Crippen LogP contribution >= 0.6 is 0 Å². The number of fused-ring (bicyclic) bond motifs is 1. The Bertz CT molecular complexity index is 1350. The number of aromatic nitrogens is 2. The van der Waals surface area contributed by atoms with E-state index in [0.29, 0.717) is 61.9 Å². The summed E-state index contributed by atoms with van der Waals surface area (Å²) < 4.78 is 16.6. The number of carbonyl (C=O) groups excluding carboxylic acids is 2. The first-order chi connectivity index (χ1) is 20.9. The van der Waals surface area contributed by atoms with Gasteiger partial charge in [0.1, 0.15) is 12.7 Å². The Morgan fingerprint density at radius 1 is 0.953 bits per heavy atom. The normalized spacial score (nSPS) is 19.2. The average molecular weight is 590 g/mol. The molecule has 230 valence electrons. The average Bonchev–Trinajstić information content (AvgIpc) is 3.03. The molecule has 2 aliphatic rings. The fourth-order valence-corrected chi connectivity index (χ4v) is 5.65. The largest absolute Gasteiger partial charge is 0.476 e. The maximum absolute atomic E-state index is 13.5. The molecule has 2 fully saturated rings. The third-order valence-corrected chi connectivity index (χ3v) is 8.28. The lowest BCUT2D eigenvalue weighted by molar-refractivity contribution is 0.00123. The maximum atomic E-state index is 13.5. The molecule has 1 aliphatic carbocycles. The smallest absolute Gasteiger partial charge is 0.407 e. The Labute approximate surface area is 253 Å². The predicted molar refractivity (Wildman–Crippen MR) is 165 cm³/mol. The van der Waals surface area contributed by atoms with Crippen molar-refractivity contribution < 1.29 is 23.8 Å². The number of ether oxygens (including phenoxy) is 3. The summed E-state index contributed by atoms with van der Waals surface area (Å²) in [6.07, 6.45) is 6.95. The molecule has 10 heteroatoms. The summed E-state index contributed by atoms with van der Waals surface area (Å²) in [7, 11) is 4.00. The number of amides is 2. The number of carbonyl (C=O) groups is 2. The molecule has 0 atom stereocenters. The van der Waals surface area contributed by atoms with Crippen LogP contribution in [0.25, 0.3) is 22.2 Å². The van der Waals surface area contributed by atoms with Crippen LogP contribution in [0.4, 0.5) is 4.79 Å². The highest BCUT2D eigenvalue weighted by molar-refractivity contribution is 6.07. The third-order valence-electron chi connectivity index (χ3n) is 8.28. The summed E-state index contributed by atoms with van der Waals surface area (Å²) >= 11 is 0. The number of benzene rings is 1. The third kappa shape index (κ3) is 8.87. The maximum Gasteiger partial charge on any atom is 0.407 e. The van der Waals surface area contributed by atoms with Gasteiger partial charge in [0.05, 0.1) is 30.0 Å². The van der Waals surface area contributed by atoms with Gasteiger partial charge < -0.3 is 29.7 Å². The molecule has 43 heavy (non-hydrogen) atoms. The first-order valence-electron chi connectivity index (χ1n) is 15.4. The van der Waals surface area contributed by atoms with Crippen molar-refractivity contribution in [3.8, 4) is 17.1 Å². The van der Waals surface area contributed by atoms with Crippen LogP contribution in [0.2, 0.25) is 0 Å².